The fraction of sp³-hybridized carbons (Fsp3) is 0.333. The van der Waals surface area contributed by atoms with Crippen LogP contribution in [0.15, 0.2) is 54.6 Å². The number of benzene rings is 2. The molecule has 2 amide bonds. The first kappa shape index (κ1) is 19.0. The van der Waals surface area contributed by atoms with Gasteiger partial charge in [-0.3, -0.25) is 14.5 Å². The van der Waals surface area contributed by atoms with Crippen molar-refractivity contribution >= 4 is 11.8 Å². The molecule has 0 aliphatic carbocycles. The Labute approximate surface area is 158 Å². The molecular formula is C21H24FN3O2. The molecule has 5 nitrogen and oxygen atoms in total. The smallest absolute Gasteiger partial charge is 0.309 e. The van der Waals surface area contributed by atoms with Gasteiger partial charge in [0.15, 0.2) is 0 Å². The fourth-order valence-electron chi connectivity index (χ4n) is 3.19. The first-order chi connectivity index (χ1) is 13.1. The van der Waals surface area contributed by atoms with E-state index in [1.165, 1.54) is 17.7 Å². The Hall–Kier alpha value is -2.73. The fourth-order valence-corrected chi connectivity index (χ4v) is 3.19. The summed E-state index contributed by atoms with van der Waals surface area (Å²) < 4.78 is 12.9. The van der Waals surface area contributed by atoms with Gasteiger partial charge in [-0.25, -0.2) is 4.39 Å². The van der Waals surface area contributed by atoms with E-state index < -0.39 is 11.8 Å². The Morgan fingerprint density at radius 1 is 0.926 bits per heavy atom. The number of piperidine rings is 1. The zero-order valence-corrected chi connectivity index (χ0v) is 15.2. The number of amides is 2. The highest BCUT2D eigenvalue weighted by Gasteiger charge is 2.23. The summed E-state index contributed by atoms with van der Waals surface area (Å²) in [4.78, 5) is 26.4. The first-order valence-electron chi connectivity index (χ1n) is 9.19. The molecule has 6 heteroatoms. The lowest BCUT2D eigenvalue weighted by atomic mass is 10.0. The number of rotatable bonds is 5. The number of hydrogen-bond donors (Lipinski definition) is 2. The summed E-state index contributed by atoms with van der Waals surface area (Å²) in [5.41, 5.74) is 2.02. The standard InChI is InChI=1S/C21H24FN3O2/c22-18-8-6-16(7-9-18)14-23-20(26)21(27)24-19-10-12-25(13-11-19)15-17-4-2-1-3-5-17/h1-9,19H,10-15H2,(H,23,26)(H,24,27). The largest absolute Gasteiger partial charge is 0.345 e. The van der Waals surface area contributed by atoms with Crippen LogP contribution in [0, 0.1) is 5.82 Å². The van der Waals surface area contributed by atoms with E-state index in [0.29, 0.717) is 0 Å². The van der Waals surface area contributed by atoms with Crippen LogP contribution in [0.25, 0.3) is 0 Å². The Balaban J connectivity index is 1.38. The molecule has 0 bridgehead atoms. The number of nitrogens with zero attached hydrogens (tertiary/aromatic N) is 1. The second-order valence-corrected chi connectivity index (χ2v) is 6.82. The normalized spacial score (nSPS) is 15.3. The van der Waals surface area contributed by atoms with Crippen molar-refractivity contribution in [3.8, 4) is 0 Å². The molecule has 2 aromatic rings. The Morgan fingerprint density at radius 3 is 2.26 bits per heavy atom. The van der Waals surface area contributed by atoms with Gasteiger partial charge in [0.05, 0.1) is 0 Å². The third-order valence-electron chi connectivity index (χ3n) is 4.74. The maximum Gasteiger partial charge on any atom is 0.309 e. The molecule has 1 aliphatic heterocycles. The molecular weight excluding hydrogens is 345 g/mol. The summed E-state index contributed by atoms with van der Waals surface area (Å²) in [5, 5.41) is 5.38. The van der Waals surface area contributed by atoms with E-state index in [1.807, 2.05) is 18.2 Å². The van der Waals surface area contributed by atoms with Gasteiger partial charge < -0.3 is 10.6 Å². The minimum absolute atomic E-state index is 0.0149. The zero-order valence-electron chi connectivity index (χ0n) is 15.2. The summed E-state index contributed by atoms with van der Waals surface area (Å²) in [6.07, 6.45) is 1.65. The van der Waals surface area contributed by atoms with Crippen LogP contribution < -0.4 is 10.6 Å². The quantitative estimate of drug-likeness (QED) is 0.795. The minimum atomic E-state index is -0.661. The molecule has 0 saturated carbocycles. The third-order valence-corrected chi connectivity index (χ3v) is 4.74. The summed E-state index contributed by atoms with van der Waals surface area (Å²) >= 11 is 0. The van der Waals surface area contributed by atoms with Crippen LogP contribution in [0.5, 0.6) is 0 Å². The predicted octanol–water partition coefficient (Wildman–Crippen LogP) is 2.22. The average Bonchev–Trinajstić information content (AvgIpc) is 2.69. The van der Waals surface area contributed by atoms with Crippen molar-refractivity contribution in [3.63, 3.8) is 0 Å². The molecule has 0 atom stereocenters. The molecule has 0 radical (unpaired) electrons. The molecule has 1 heterocycles. The second kappa shape index (κ2) is 9.28. The van der Waals surface area contributed by atoms with Crippen LogP contribution in [-0.2, 0) is 22.7 Å². The molecule has 142 valence electrons. The van der Waals surface area contributed by atoms with E-state index >= 15 is 0 Å². The minimum Gasteiger partial charge on any atom is -0.345 e. The molecule has 3 rings (SSSR count). The molecule has 2 aromatic carbocycles. The molecule has 1 saturated heterocycles. The lowest BCUT2D eigenvalue weighted by Gasteiger charge is -2.32. The van der Waals surface area contributed by atoms with Crippen LogP contribution in [0.2, 0.25) is 0 Å². The lowest BCUT2D eigenvalue weighted by Crippen LogP contribution is -2.48. The van der Waals surface area contributed by atoms with E-state index in [-0.39, 0.29) is 18.4 Å². The number of carbonyl (C=O) groups is 2. The molecule has 0 unspecified atom stereocenters. The van der Waals surface area contributed by atoms with Crippen molar-refractivity contribution in [3.05, 3.63) is 71.5 Å². The van der Waals surface area contributed by atoms with Crippen LogP contribution in [-0.4, -0.2) is 35.8 Å². The molecule has 2 N–H and O–H groups in total. The molecule has 27 heavy (non-hydrogen) atoms. The second-order valence-electron chi connectivity index (χ2n) is 6.82. The molecule has 1 fully saturated rings. The van der Waals surface area contributed by atoms with Gasteiger partial charge in [0.25, 0.3) is 0 Å². The van der Waals surface area contributed by atoms with Crippen molar-refractivity contribution in [2.24, 2.45) is 0 Å². The van der Waals surface area contributed by atoms with E-state index in [2.05, 4.69) is 27.7 Å². The predicted molar refractivity (Wildman–Crippen MR) is 101 cm³/mol. The first-order valence-corrected chi connectivity index (χ1v) is 9.19. The van der Waals surface area contributed by atoms with Gasteiger partial charge in [0.2, 0.25) is 0 Å². The van der Waals surface area contributed by atoms with E-state index in [4.69, 9.17) is 0 Å². The van der Waals surface area contributed by atoms with Crippen LogP contribution in [0.1, 0.15) is 24.0 Å². The summed E-state index contributed by atoms with van der Waals surface area (Å²) in [5.74, 6) is -1.61. The number of nitrogens with one attached hydrogen (secondary N) is 2. The maximum absolute atomic E-state index is 12.9. The summed E-state index contributed by atoms with van der Waals surface area (Å²) in [6.45, 7) is 2.87. The van der Waals surface area contributed by atoms with Crippen molar-refractivity contribution in [1.82, 2.24) is 15.5 Å². The van der Waals surface area contributed by atoms with E-state index in [9.17, 15) is 14.0 Å². The van der Waals surface area contributed by atoms with Crippen LogP contribution in [0.4, 0.5) is 4.39 Å². The highest BCUT2D eigenvalue weighted by Crippen LogP contribution is 2.13. The highest BCUT2D eigenvalue weighted by atomic mass is 19.1. The number of hydrogen-bond acceptors (Lipinski definition) is 3. The molecule has 0 spiro atoms. The Bertz CT molecular complexity index is 757. The SMILES string of the molecule is O=C(NCc1ccc(F)cc1)C(=O)NC1CCN(Cc2ccccc2)CC1. The zero-order chi connectivity index (χ0) is 19.1. The number of carbonyl (C=O) groups excluding carboxylic acids is 2. The average molecular weight is 369 g/mol. The van der Waals surface area contributed by atoms with Crippen molar-refractivity contribution < 1.29 is 14.0 Å². The van der Waals surface area contributed by atoms with Gasteiger partial charge in [0.1, 0.15) is 5.82 Å². The van der Waals surface area contributed by atoms with Gasteiger partial charge in [-0.15, -0.1) is 0 Å². The molecule has 1 aliphatic rings. The van der Waals surface area contributed by atoms with Crippen LogP contribution in [0.3, 0.4) is 0 Å². The maximum atomic E-state index is 12.9. The van der Waals surface area contributed by atoms with E-state index in [0.717, 1.165) is 38.0 Å². The Morgan fingerprint density at radius 2 is 1.59 bits per heavy atom. The lowest BCUT2D eigenvalue weighted by molar-refractivity contribution is -0.139. The summed E-state index contributed by atoms with van der Waals surface area (Å²) in [7, 11) is 0. The van der Waals surface area contributed by atoms with Crippen molar-refractivity contribution in [2.45, 2.75) is 32.0 Å². The monoisotopic (exact) mass is 369 g/mol. The topological polar surface area (TPSA) is 61.4 Å². The third kappa shape index (κ3) is 5.89. The van der Waals surface area contributed by atoms with Gasteiger partial charge in [-0.2, -0.15) is 0 Å². The number of likely N-dealkylation sites (tertiary alicyclic amines) is 1. The van der Waals surface area contributed by atoms with Gasteiger partial charge in [0, 0.05) is 32.2 Å². The van der Waals surface area contributed by atoms with Crippen LogP contribution >= 0.6 is 0 Å². The van der Waals surface area contributed by atoms with Crippen molar-refractivity contribution in [1.29, 1.82) is 0 Å². The van der Waals surface area contributed by atoms with Crippen molar-refractivity contribution in [2.75, 3.05) is 13.1 Å². The molecule has 0 aromatic heterocycles. The van der Waals surface area contributed by atoms with Gasteiger partial charge in [-0.1, -0.05) is 42.5 Å². The van der Waals surface area contributed by atoms with Gasteiger partial charge in [-0.05, 0) is 36.1 Å². The number of halogens is 1. The Kier molecular flexibility index (Phi) is 6.54. The van der Waals surface area contributed by atoms with Gasteiger partial charge >= 0.3 is 11.8 Å². The summed E-state index contributed by atoms with van der Waals surface area (Å²) in [6, 6.07) is 16.1. The van der Waals surface area contributed by atoms with E-state index in [1.54, 1.807) is 12.1 Å². The highest BCUT2D eigenvalue weighted by molar-refractivity contribution is 6.35.